The highest BCUT2D eigenvalue weighted by Gasteiger charge is 2.09. The largest absolute Gasteiger partial charge is 0.306 e. The molecule has 94 valence electrons. The van der Waals surface area contributed by atoms with E-state index in [1.54, 1.807) is 0 Å². The lowest BCUT2D eigenvalue weighted by molar-refractivity contribution is 0.968. The van der Waals surface area contributed by atoms with Crippen LogP contribution in [0.2, 0.25) is 0 Å². The van der Waals surface area contributed by atoms with Crippen LogP contribution in [0, 0.1) is 10.5 Å². The molecule has 0 saturated carbocycles. The first-order chi connectivity index (χ1) is 8.52. The van der Waals surface area contributed by atoms with Crippen LogP contribution in [0.4, 0.5) is 0 Å². The molecule has 0 spiro atoms. The second kappa shape index (κ2) is 5.52. The van der Waals surface area contributed by atoms with Crippen molar-refractivity contribution in [3.05, 3.63) is 47.9 Å². The maximum absolute atomic E-state index is 11.8. The number of H-pyrrole nitrogens is 1. The molecular weight excluding hydrogens is 407 g/mol. The van der Waals surface area contributed by atoms with Crippen molar-refractivity contribution in [2.75, 3.05) is 0 Å². The molecule has 0 radical (unpaired) electrons. The second-order valence-electron chi connectivity index (χ2n) is 3.99. The number of halogens is 2. The smallest absolute Gasteiger partial charge is 0.264 e. The highest BCUT2D eigenvalue weighted by Crippen LogP contribution is 2.23. The van der Waals surface area contributed by atoms with Crippen LogP contribution in [0.25, 0.3) is 11.4 Å². The van der Waals surface area contributed by atoms with Crippen molar-refractivity contribution >= 4 is 38.5 Å². The van der Waals surface area contributed by atoms with Gasteiger partial charge in [0.05, 0.1) is 9.26 Å². The predicted octanol–water partition coefficient (Wildman–Crippen LogP) is 3.67. The molecule has 1 heterocycles. The summed E-state index contributed by atoms with van der Waals surface area (Å²) in [5.41, 5.74) is 2.83. The van der Waals surface area contributed by atoms with Crippen LogP contribution < -0.4 is 5.56 Å². The number of aromatic nitrogens is 2. The van der Waals surface area contributed by atoms with Gasteiger partial charge in [0.25, 0.3) is 5.56 Å². The Morgan fingerprint density at radius 1 is 1.44 bits per heavy atom. The molecule has 0 atom stereocenters. The first-order valence-electron chi connectivity index (χ1n) is 5.58. The Morgan fingerprint density at radius 2 is 2.17 bits per heavy atom. The molecule has 0 bridgehead atoms. The van der Waals surface area contributed by atoms with Gasteiger partial charge in [-0.15, -0.1) is 0 Å². The van der Waals surface area contributed by atoms with E-state index in [0.717, 1.165) is 27.7 Å². The van der Waals surface area contributed by atoms with Gasteiger partial charge >= 0.3 is 0 Å². The number of aryl methyl sites for hydroxylation is 2. The third-order valence-corrected chi connectivity index (χ3v) is 4.68. The summed E-state index contributed by atoms with van der Waals surface area (Å²) in [4.78, 5) is 19.2. The van der Waals surface area contributed by atoms with Crippen LogP contribution in [-0.4, -0.2) is 9.97 Å². The Bertz CT molecular complexity index is 652. The lowest BCUT2D eigenvalue weighted by atomic mass is 10.1. The van der Waals surface area contributed by atoms with Gasteiger partial charge in [0.2, 0.25) is 0 Å². The maximum Gasteiger partial charge on any atom is 0.264 e. The van der Waals surface area contributed by atoms with E-state index in [-0.39, 0.29) is 5.56 Å². The van der Waals surface area contributed by atoms with E-state index < -0.39 is 0 Å². The molecule has 2 rings (SSSR count). The van der Waals surface area contributed by atoms with Crippen molar-refractivity contribution < 1.29 is 0 Å². The summed E-state index contributed by atoms with van der Waals surface area (Å²) in [5.74, 6) is 0.623. The summed E-state index contributed by atoms with van der Waals surface area (Å²) >= 11 is 5.53. The molecule has 18 heavy (non-hydrogen) atoms. The molecule has 0 aliphatic rings. The van der Waals surface area contributed by atoms with Gasteiger partial charge < -0.3 is 4.98 Å². The average Bonchev–Trinajstić information content (AvgIpc) is 2.36. The molecular formula is C13H12BrIN2O. The Balaban J connectivity index is 2.60. The zero-order valence-corrected chi connectivity index (χ0v) is 13.8. The van der Waals surface area contributed by atoms with Crippen molar-refractivity contribution in [3.63, 3.8) is 0 Å². The monoisotopic (exact) mass is 418 g/mol. The minimum atomic E-state index is -0.0749. The number of rotatable bonds is 2. The molecule has 1 aromatic carbocycles. The van der Waals surface area contributed by atoms with E-state index in [4.69, 9.17) is 0 Å². The van der Waals surface area contributed by atoms with Crippen LogP contribution in [0.15, 0.2) is 27.5 Å². The van der Waals surface area contributed by atoms with Gasteiger partial charge in [-0.2, -0.15) is 0 Å². The van der Waals surface area contributed by atoms with E-state index in [2.05, 4.69) is 25.9 Å². The van der Waals surface area contributed by atoms with E-state index in [1.165, 1.54) is 0 Å². The minimum absolute atomic E-state index is 0.0749. The molecule has 0 aliphatic heterocycles. The third kappa shape index (κ3) is 2.66. The molecule has 2 aromatic rings. The molecule has 1 aromatic heterocycles. The van der Waals surface area contributed by atoms with Crippen molar-refractivity contribution in [2.45, 2.75) is 20.3 Å². The van der Waals surface area contributed by atoms with Gasteiger partial charge in [0.15, 0.2) is 0 Å². The number of hydrogen-bond acceptors (Lipinski definition) is 2. The number of hydrogen-bond donors (Lipinski definition) is 1. The minimum Gasteiger partial charge on any atom is -0.306 e. The lowest BCUT2D eigenvalue weighted by Gasteiger charge is -2.06. The highest BCUT2D eigenvalue weighted by molar-refractivity contribution is 14.1. The molecule has 0 aliphatic carbocycles. The van der Waals surface area contributed by atoms with Gasteiger partial charge in [0.1, 0.15) is 5.82 Å². The van der Waals surface area contributed by atoms with Crippen molar-refractivity contribution in [1.82, 2.24) is 9.97 Å². The molecule has 0 fully saturated rings. The Hall–Kier alpha value is -0.690. The number of nitrogens with zero attached hydrogens (tertiary/aromatic N) is 1. The SMILES string of the molecule is CCc1nc(-c2ccc(C)c(Br)c2)[nH]c(=O)c1I. The van der Waals surface area contributed by atoms with Gasteiger partial charge in [-0.05, 0) is 47.6 Å². The van der Waals surface area contributed by atoms with Crippen LogP contribution >= 0.6 is 38.5 Å². The van der Waals surface area contributed by atoms with Gasteiger partial charge in [0, 0.05) is 10.0 Å². The third-order valence-electron chi connectivity index (χ3n) is 2.71. The normalized spacial score (nSPS) is 10.7. The van der Waals surface area contributed by atoms with E-state index in [0.29, 0.717) is 9.39 Å². The summed E-state index contributed by atoms with van der Waals surface area (Å²) in [7, 11) is 0. The molecule has 1 N–H and O–H groups in total. The predicted molar refractivity (Wildman–Crippen MR) is 84.8 cm³/mol. The van der Waals surface area contributed by atoms with Crippen molar-refractivity contribution in [2.24, 2.45) is 0 Å². The van der Waals surface area contributed by atoms with Crippen LogP contribution in [0.5, 0.6) is 0 Å². The summed E-state index contributed by atoms with van der Waals surface area (Å²) < 4.78 is 1.68. The fourth-order valence-corrected chi connectivity index (χ4v) is 2.63. The maximum atomic E-state index is 11.8. The quantitative estimate of drug-likeness (QED) is 0.756. The van der Waals surface area contributed by atoms with Crippen molar-refractivity contribution in [3.8, 4) is 11.4 Å². The number of nitrogens with one attached hydrogen (secondary N) is 1. The Kier molecular flexibility index (Phi) is 4.21. The fourth-order valence-electron chi connectivity index (χ4n) is 1.62. The molecule has 5 heteroatoms. The van der Waals surface area contributed by atoms with Crippen LogP contribution in [0.3, 0.4) is 0 Å². The molecule has 0 unspecified atom stereocenters. The van der Waals surface area contributed by atoms with Crippen molar-refractivity contribution in [1.29, 1.82) is 0 Å². The van der Waals surface area contributed by atoms with E-state index >= 15 is 0 Å². The molecule has 0 saturated heterocycles. The highest BCUT2D eigenvalue weighted by atomic mass is 127. The summed E-state index contributed by atoms with van der Waals surface area (Å²) in [6.07, 6.45) is 0.752. The summed E-state index contributed by atoms with van der Waals surface area (Å²) in [6.45, 7) is 4.02. The first kappa shape index (κ1) is 13.7. The Labute approximate surface area is 127 Å². The second-order valence-corrected chi connectivity index (χ2v) is 5.93. The summed E-state index contributed by atoms with van der Waals surface area (Å²) in [5, 5.41) is 0. The van der Waals surface area contributed by atoms with Gasteiger partial charge in [-0.3, -0.25) is 4.79 Å². The molecule has 0 amide bonds. The van der Waals surface area contributed by atoms with E-state index in [1.807, 2.05) is 54.6 Å². The number of benzene rings is 1. The fraction of sp³-hybridized carbons (Fsp3) is 0.231. The Morgan fingerprint density at radius 3 is 2.78 bits per heavy atom. The summed E-state index contributed by atoms with van der Waals surface area (Å²) in [6, 6.07) is 5.94. The first-order valence-corrected chi connectivity index (χ1v) is 7.45. The topological polar surface area (TPSA) is 45.8 Å². The van der Waals surface area contributed by atoms with Gasteiger partial charge in [-0.1, -0.05) is 35.0 Å². The van der Waals surface area contributed by atoms with Gasteiger partial charge in [-0.25, -0.2) is 4.98 Å². The zero-order valence-electron chi connectivity index (χ0n) is 10.1. The van der Waals surface area contributed by atoms with Crippen LogP contribution in [0.1, 0.15) is 18.2 Å². The van der Waals surface area contributed by atoms with Crippen LogP contribution in [-0.2, 0) is 6.42 Å². The standard InChI is InChI=1S/C13H12BrIN2O/c1-3-10-11(15)13(18)17-12(16-10)8-5-4-7(2)9(14)6-8/h4-6H,3H2,1-2H3,(H,16,17,18). The van der Waals surface area contributed by atoms with E-state index in [9.17, 15) is 4.79 Å². The lowest BCUT2D eigenvalue weighted by Crippen LogP contribution is -2.16. The molecule has 3 nitrogen and oxygen atoms in total. The number of aromatic amines is 1. The zero-order chi connectivity index (χ0) is 13.3. The average molecular weight is 419 g/mol.